The fourth-order valence-electron chi connectivity index (χ4n) is 7.33. The molecule has 11 nitrogen and oxygen atoms in total. The normalized spacial score (nSPS) is 16.6. The first-order valence-corrected chi connectivity index (χ1v) is 16.9. The number of rotatable bonds is 5. The van der Waals surface area contributed by atoms with Crippen LogP contribution in [-0.2, 0) is 10.2 Å². The number of carbonyl (C=O) groups excluding carboxylic acids is 1. The van der Waals surface area contributed by atoms with Crippen molar-refractivity contribution in [1.82, 2.24) is 29.9 Å². The second kappa shape index (κ2) is 12.5. The van der Waals surface area contributed by atoms with Crippen LogP contribution in [0.15, 0.2) is 34.9 Å². The van der Waals surface area contributed by atoms with E-state index in [-0.39, 0.29) is 11.4 Å². The summed E-state index contributed by atoms with van der Waals surface area (Å²) in [6.07, 6.45) is 2.14. The van der Waals surface area contributed by atoms with Gasteiger partial charge in [0.1, 0.15) is 23.0 Å². The van der Waals surface area contributed by atoms with Crippen LogP contribution < -0.4 is 10.1 Å². The quantitative estimate of drug-likeness (QED) is 0.209. The van der Waals surface area contributed by atoms with Crippen molar-refractivity contribution in [3.05, 3.63) is 53.2 Å². The molecule has 2 N–H and O–H groups in total. The molecule has 2 aliphatic heterocycles. The highest BCUT2D eigenvalue weighted by atomic mass is 16.5. The van der Waals surface area contributed by atoms with Crippen LogP contribution in [0.2, 0.25) is 0 Å². The number of benzene rings is 2. The number of hydrogen-bond acceptors (Lipinski definition) is 8. The topological polar surface area (TPSA) is 122 Å². The highest BCUT2D eigenvalue weighted by Gasteiger charge is 2.29. The fourth-order valence-corrected chi connectivity index (χ4v) is 7.33. The van der Waals surface area contributed by atoms with Crippen molar-refractivity contribution in [3.8, 4) is 28.1 Å². The molecule has 0 saturated carbocycles. The van der Waals surface area contributed by atoms with E-state index in [2.05, 4.69) is 53.3 Å². The number of ether oxygens (including phenoxy) is 2. The number of nitrogens with one attached hydrogen (secondary N) is 2. The van der Waals surface area contributed by atoms with E-state index in [1.165, 1.54) is 0 Å². The number of piperazine rings is 1. The maximum absolute atomic E-state index is 13.6. The predicted octanol–water partition coefficient (Wildman–Crippen LogP) is 6.99. The lowest BCUT2D eigenvalue weighted by atomic mass is 9.84. The monoisotopic (exact) mass is 651 g/mol. The molecule has 0 atom stereocenters. The summed E-state index contributed by atoms with van der Waals surface area (Å²) in [7, 11) is 1.67. The zero-order chi connectivity index (χ0) is 33.7. The summed E-state index contributed by atoms with van der Waals surface area (Å²) >= 11 is 0. The van der Waals surface area contributed by atoms with Crippen LogP contribution in [0.4, 0.5) is 10.5 Å². The Bertz CT molecular complexity index is 1970. The molecule has 0 bridgehead atoms. The van der Waals surface area contributed by atoms with E-state index in [0.717, 1.165) is 106 Å². The first-order valence-electron chi connectivity index (χ1n) is 16.9. The standard InChI is InChI=1S/C37H45N7O4/c1-21-32(22(2)48-42-21)27-19-30-26(20-31(27)46-7)33-34(38-23(3)39-35(33)40-30)24-8-9-29(28(18-24)37(4,5)6)41-36(45)44-14-12-43(13-15-44)25-10-16-47-17-11-25/h8-9,18-20,25H,10-17H2,1-7H3,(H,41,45)(H,38,39,40). The molecule has 0 radical (unpaired) electrons. The number of hydrogen-bond donors (Lipinski definition) is 2. The Kier molecular flexibility index (Phi) is 8.37. The third-order valence-electron chi connectivity index (χ3n) is 9.84. The Morgan fingerprint density at radius 2 is 1.77 bits per heavy atom. The number of fused-ring (bicyclic) bond motifs is 3. The van der Waals surface area contributed by atoms with Crippen LogP contribution in [-0.4, -0.2) is 88.5 Å². The van der Waals surface area contributed by atoms with Gasteiger partial charge in [-0.15, -0.1) is 0 Å². The van der Waals surface area contributed by atoms with Crippen LogP contribution >= 0.6 is 0 Å². The molecule has 0 spiro atoms. The second-order valence-corrected chi connectivity index (χ2v) is 14.1. The fraction of sp³-hybridized carbons (Fsp3) is 0.459. The number of urea groups is 1. The third-order valence-corrected chi connectivity index (χ3v) is 9.84. The van der Waals surface area contributed by atoms with Gasteiger partial charge in [0.05, 0.1) is 29.4 Å². The van der Waals surface area contributed by atoms with Crippen LogP contribution in [0.1, 0.15) is 56.5 Å². The largest absolute Gasteiger partial charge is 0.496 e. The molecule has 7 rings (SSSR count). The van der Waals surface area contributed by atoms with Crippen molar-refractivity contribution in [3.63, 3.8) is 0 Å². The Morgan fingerprint density at radius 1 is 1.02 bits per heavy atom. The number of aryl methyl sites for hydroxylation is 3. The van der Waals surface area contributed by atoms with Gasteiger partial charge in [-0.2, -0.15) is 0 Å². The van der Waals surface area contributed by atoms with Crippen molar-refractivity contribution in [2.45, 2.75) is 65.8 Å². The van der Waals surface area contributed by atoms with E-state index < -0.39 is 0 Å². The molecule has 5 heterocycles. The predicted molar refractivity (Wildman–Crippen MR) is 188 cm³/mol. The smallest absolute Gasteiger partial charge is 0.321 e. The molecule has 252 valence electrons. The SMILES string of the molecule is COc1cc2c(cc1-c1c(C)noc1C)[nH]c1nc(C)nc(-c3ccc(NC(=O)N4CCN(C5CCOCC5)CC4)c(C(C)(C)C)c3)c12. The molecule has 2 saturated heterocycles. The average Bonchev–Trinajstić information content (AvgIpc) is 3.61. The van der Waals surface area contributed by atoms with Gasteiger partial charge in [0.25, 0.3) is 0 Å². The van der Waals surface area contributed by atoms with Crippen molar-refractivity contribution >= 4 is 33.7 Å². The number of H-pyrrole nitrogens is 1. The molecular weight excluding hydrogens is 606 g/mol. The van der Waals surface area contributed by atoms with Crippen molar-refractivity contribution in [1.29, 1.82) is 0 Å². The Morgan fingerprint density at radius 3 is 2.44 bits per heavy atom. The number of carbonyl (C=O) groups is 1. The molecule has 2 aliphatic rings. The molecular formula is C37H45N7O4. The van der Waals surface area contributed by atoms with Gasteiger partial charge in [0.2, 0.25) is 0 Å². The molecule has 2 amide bonds. The van der Waals surface area contributed by atoms with Gasteiger partial charge in [-0.05, 0) is 68.9 Å². The molecule has 11 heteroatoms. The Balaban J connectivity index is 1.23. The minimum absolute atomic E-state index is 0.0574. The van der Waals surface area contributed by atoms with Crippen LogP contribution in [0.3, 0.4) is 0 Å². The van der Waals surface area contributed by atoms with Gasteiger partial charge >= 0.3 is 6.03 Å². The maximum Gasteiger partial charge on any atom is 0.321 e. The molecule has 5 aromatic rings. The Hall–Kier alpha value is -4.48. The van der Waals surface area contributed by atoms with E-state index in [1.807, 2.05) is 43.9 Å². The number of nitrogens with zero attached hydrogens (tertiary/aromatic N) is 5. The summed E-state index contributed by atoms with van der Waals surface area (Å²) in [5.41, 5.74) is 7.68. The first kappa shape index (κ1) is 32.1. The number of methoxy groups -OCH3 is 1. The molecule has 2 aromatic carbocycles. The van der Waals surface area contributed by atoms with Gasteiger partial charge in [-0.3, -0.25) is 4.90 Å². The van der Waals surface area contributed by atoms with Gasteiger partial charge in [-0.25, -0.2) is 14.8 Å². The molecule has 48 heavy (non-hydrogen) atoms. The van der Waals surface area contributed by atoms with E-state index >= 15 is 0 Å². The van der Waals surface area contributed by atoms with Crippen molar-refractivity contribution < 1.29 is 18.8 Å². The average molecular weight is 652 g/mol. The van der Waals surface area contributed by atoms with Gasteiger partial charge in [-0.1, -0.05) is 32.0 Å². The van der Waals surface area contributed by atoms with E-state index in [0.29, 0.717) is 30.7 Å². The lowest BCUT2D eigenvalue weighted by molar-refractivity contribution is 0.0194. The number of aromatic amines is 1. The Labute approximate surface area is 281 Å². The molecule has 3 aromatic heterocycles. The minimum Gasteiger partial charge on any atom is -0.496 e. The van der Waals surface area contributed by atoms with E-state index in [1.54, 1.807) is 7.11 Å². The van der Waals surface area contributed by atoms with Crippen LogP contribution in [0.5, 0.6) is 5.75 Å². The molecule has 2 fully saturated rings. The summed E-state index contributed by atoms with van der Waals surface area (Å²) in [6, 6.07) is 10.8. The van der Waals surface area contributed by atoms with Crippen molar-refractivity contribution in [2.75, 3.05) is 51.8 Å². The first-order chi connectivity index (χ1) is 23.0. The third kappa shape index (κ3) is 5.90. The highest BCUT2D eigenvalue weighted by molar-refractivity contribution is 6.13. The van der Waals surface area contributed by atoms with Crippen LogP contribution in [0.25, 0.3) is 44.3 Å². The van der Waals surface area contributed by atoms with Gasteiger partial charge < -0.3 is 29.2 Å². The zero-order valence-corrected chi connectivity index (χ0v) is 29.0. The summed E-state index contributed by atoms with van der Waals surface area (Å²) in [6.45, 7) is 17.1. The van der Waals surface area contributed by atoms with Gasteiger partial charge in [0, 0.05) is 73.2 Å². The number of anilines is 1. The number of amides is 2. The van der Waals surface area contributed by atoms with E-state index in [9.17, 15) is 4.79 Å². The minimum atomic E-state index is -0.242. The maximum atomic E-state index is 13.6. The highest BCUT2D eigenvalue weighted by Crippen LogP contribution is 2.42. The lowest BCUT2D eigenvalue weighted by Crippen LogP contribution is -2.53. The lowest BCUT2D eigenvalue weighted by Gasteiger charge is -2.40. The van der Waals surface area contributed by atoms with Gasteiger partial charge in [0.15, 0.2) is 0 Å². The summed E-state index contributed by atoms with van der Waals surface area (Å²) in [5.74, 6) is 2.11. The zero-order valence-electron chi connectivity index (χ0n) is 29.0. The summed E-state index contributed by atoms with van der Waals surface area (Å²) in [5, 5.41) is 9.29. The molecule has 0 unspecified atom stereocenters. The number of aromatic nitrogens is 4. The summed E-state index contributed by atoms with van der Waals surface area (Å²) < 4.78 is 16.9. The van der Waals surface area contributed by atoms with Crippen molar-refractivity contribution in [2.24, 2.45) is 0 Å². The summed E-state index contributed by atoms with van der Waals surface area (Å²) in [4.78, 5) is 31.3. The van der Waals surface area contributed by atoms with Crippen LogP contribution in [0, 0.1) is 20.8 Å². The van der Waals surface area contributed by atoms with E-state index in [4.69, 9.17) is 24.0 Å². The molecule has 0 aliphatic carbocycles. The second-order valence-electron chi connectivity index (χ2n) is 14.1.